The molecular formula is C16H24O6. The first-order chi connectivity index (χ1) is 10.4. The first-order valence-corrected chi connectivity index (χ1v) is 7.80. The Kier molecular flexibility index (Phi) is 5.58. The molecule has 0 aromatic rings. The van der Waals surface area contributed by atoms with Crippen LogP contribution in [0.2, 0.25) is 0 Å². The average molecular weight is 312 g/mol. The first-order valence-electron chi connectivity index (χ1n) is 7.80. The van der Waals surface area contributed by atoms with E-state index in [1.165, 1.54) is 6.08 Å². The molecule has 0 unspecified atom stereocenters. The maximum Gasteiger partial charge on any atom is 0.331 e. The number of hydrogen-bond donors (Lipinski definition) is 0. The molecule has 6 nitrogen and oxygen atoms in total. The summed E-state index contributed by atoms with van der Waals surface area (Å²) < 4.78 is 21.8. The summed E-state index contributed by atoms with van der Waals surface area (Å²) >= 11 is 0. The predicted octanol–water partition coefficient (Wildman–Crippen LogP) is 2.11. The Morgan fingerprint density at radius 1 is 1.45 bits per heavy atom. The number of cyclic esters (lactones) is 1. The Morgan fingerprint density at radius 3 is 2.77 bits per heavy atom. The molecule has 124 valence electrons. The summed E-state index contributed by atoms with van der Waals surface area (Å²) in [6, 6.07) is 0. The highest BCUT2D eigenvalue weighted by atomic mass is 16.8. The molecule has 0 saturated carbocycles. The minimum atomic E-state index is -0.721. The zero-order valence-electron chi connectivity index (χ0n) is 13.4. The normalized spacial score (nSPS) is 24.8. The molecule has 0 aromatic carbocycles. The largest absolute Gasteiger partial charge is 0.458 e. The van der Waals surface area contributed by atoms with Gasteiger partial charge < -0.3 is 18.9 Å². The van der Waals surface area contributed by atoms with Crippen LogP contribution in [0.3, 0.4) is 0 Å². The third kappa shape index (κ3) is 4.55. The number of esters is 2. The van der Waals surface area contributed by atoms with Crippen LogP contribution in [0.4, 0.5) is 0 Å². The molecule has 0 N–H and O–H groups in total. The van der Waals surface area contributed by atoms with E-state index in [4.69, 9.17) is 18.9 Å². The van der Waals surface area contributed by atoms with Crippen LogP contribution in [0, 0.1) is 0 Å². The Labute approximate surface area is 130 Å². The van der Waals surface area contributed by atoms with Gasteiger partial charge in [-0.2, -0.15) is 0 Å². The highest BCUT2D eigenvalue weighted by Gasteiger charge is 2.42. The van der Waals surface area contributed by atoms with Crippen LogP contribution in [0.5, 0.6) is 0 Å². The second-order valence-corrected chi connectivity index (χ2v) is 6.06. The fraction of sp³-hybridized carbons (Fsp3) is 0.750. The third-order valence-corrected chi connectivity index (χ3v) is 3.66. The zero-order valence-corrected chi connectivity index (χ0v) is 13.4. The van der Waals surface area contributed by atoms with Crippen molar-refractivity contribution in [1.82, 2.24) is 0 Å². The van der Waals surface area contributed by atoms with E-state index in [1.54, 1.807) is 13.8 Å². The average Bonchev–Trinajstić information content (AvgIpc) is 3.02. The number of rotatable bonds is 7. The van der Waals surface area contributed by atoms with E-state index in [9.17, 15) is 9.59 Å². The van der Waals surface area contributed by atoms with Crippen molar-refractivity contribution in [1.29, 1.82) is 0 Å². The molecule has 2 atom stereocenters. The summed E-state index contributed by atoms with van der Waals surface area (Å²) in [6.07, 6.45) is 3.50. The van der Waals surface area contributed by atoms with Crippen LogP contribution in [0.25, 0.3) is 0 Å². The number of hydrogen-bond acceptors (Lipinski definition) is 6. The SMILES string of the molecule is CCCCCC(=O)O[C@H](C1=CC(=O)OC1)[C@H]1COC(C)(C)O1. The van der Waals surface area contributed by atoms with E-state index in [2.05, 4.69) is 6.92 Å². The summed E-state index contributed by atoms with van der Waals surface area (Å²) in [5, 5.41) is 0. The summed E-state index contributed by atoms with van der Waals surface area (Å²) in [4.78, 5) is 23.3. The monoisotopic (exact) mass is 312 g/mol. The summed E-state index contributed by atoms with van der Waals surface area (Å²) in [5.41, 5.74) is 0.625. The number of carbonyl (C=O) groups excluding carboxylic acids is 2. The lowest BCUT2D eigenvalue weighted by Gasteiger charge is -2.24. The number of unbranched alkanes of at least 4 members (excludes halogenated alkanes) is 2. The van der Waals surface area contributed by atoms with Gasteiger partial charge in [-0.25, -0.2) is 4.79 Å². The molecule has 1 saturated heterocycles. The second kappa shape index (κ2) is 7.24. The van der Waals surface area contributed by atoms with Crippen molar-refractivity contribution in [2.75, 3.05) is 13.2 Å². The van der Waals surface area contributed by atoms with E-state index in [1.807, 2.05) is 0 Å². The molecule has 2 aliphatic heterocycles. The lowest BCUT2D eigenvalue weighted by Crippen LogP contribution is -2.36. The van der Waals surface area contributed by atoms with Gasteiger partial charge in [0.2, 0.25) is 0 Å². The van der Waals surface area contributed by atoms with Crippen molar-refractivity contribution in [2.24, 2.45) is 0 Å². The lowest BCUT2D eigenvalue weighted by molar-refractivity contribution is -0.167. The molecule has 2 aliphatic rings. The Hall–Kier alpha value is -1.40. The van der Waals surface area contributed by atoms with Crippen LogP contribution in [-0.2, 0) is 28.5 Å². The molecule has 2 rings (SSSR count). The topological polar surface area (TPSA) is 71.1 Å². The van der Waals surface area contributed by atoms with E-state index in [-0.39, 0.29) is 12.6 Å². The smallest absolute Gasteiger partial charge is 0.331 e. The van der Waals surface area contributed by atoms with E-state index < -0.39 is 24.0 Å². The maximum atomic E-state index is 12.0. The highest BCUT2D eigenvalue weighted by Crippen LogP contribution is 2.29. The zero-order chi connectivity index (χ0) is 16.2. The van der Waals surface area contributed by atoms with Crippen molar-refractivity contribution < 1.29 is 28.5 Å². The molecular weight excluding hydrogens is 288 g/mol. The van der Waals surface area contributed by atoms with Crippen molar-refractivity contribution in [2.45, 2.75) is 64.4 Å². The van der Waals surface area contributed by atoms with Crippen molar-refractivity contribution >= 4 is 11.9 Å². The third-order valence-electron chi connectivity index (χ3n) is 3.66. The van der Waals surface area contributed by atoms with Crippen LogP contribution in [-0.4, -0.2) is 43.1 Å². The molecule has 0 aliphatic carbocycles. The van der Waals surface area contributed by atoms with Crippen molar-refractivity contribution in [3.8, 4) is 0 Å². The maximum absolute atomic E-state index is 12.0. The molecule has 2 heterocycles. The lowest BCUT2D eigenvalue weighted by atomic mass is 10.1. The Bertz CT molecular complexity index is 454. The summed E-state index contributed by atoms with van der Waals surface area (Å²) in [6.45, 7) is 6.12. The standard InChI is InChI=1S/C16H24O6/c1-4-5-6-7-13(17)21-15(11-8-14(18)19-9-11)12-10-20-16(2,3)22-12/h8,12,15H,4-7,9-10H2,1-3H3/t12-,15-/m1/s1. The minimum Gasteiger partial charge on any atom is -0.458 e. The first kappa shape index (κ1) is 17.0. The van der Waals surface area contributed by atoms with Crippen LogP contribution < -0.4 is 0 Å². The van der Waals surface area contributed by atoms with Gasteiger partial charge >= 0.3 is 11.9 Å². The van der Waals surface area contributed by atoms with E-state index >= 15 is 0 Å². The van der Waals surface area contributed by atoms with Crippen LogP contribution in [0.15, 0.2) is 11.6 Å². The number of carbonyl (C=O) groups is 2. The fourth-order valence-electron chi connectivity index (χ4n) is 2.53. The van der Waals surface area contributed by atoms with E-state index in [0.717, 1.165) is 19.3 Å². The van der Waals surface area contributed by atoms with Crippen molar-refractivity contribution in [3.63, 3.8) is 0 Å². The predicted molar refractivity (Wildman–Crippen MR) is 78.0 cm³/mol. The summed E-state index contributed by atoms with van der Waals surface area (Å²) in [7, 11) is 0. The van der Waals surface area contributed by atoms with Gasteiger partial charge in [0, 0.05) is 18.1 Å². The van der Waals surface area contributed by atoms with Gasteiger partial charge in [0.15, 0.2) is 11.9 Å². The summed E-state index contributed by atoms with van der Waals surface area (Å²) in [5.74, 6) is -1.42. The van der Waals surface area contributed by atoms with Gasteiger partial charge in [0.1, 0.15) is 12.7 Å². The van der Waals surface area contributed by atoms with Gasteiger partial charge in [-0.05, 0) is 20.3 Å². The van der Waals surface area contributed by atoms with Crippen LogP contribution in [0.1, 0.15) is 46.5 Å². The molecule has 0 spiro atoms. The van der Waals surface area contributed by atoms with Gasteiger partial charge in [-0.15, -0.1) is 0 Å². The minimum absolute atomic E-state index is 0.131. The molecule has 0 bridgehead atoms. The molecule has 22 heavy (non-hydrogen) atoms. The van der Waals surface area contributed by atoms with Gasteiger partial charge in [0.05, 0.1) is 6.61 Å². The van der Waals surface area contributed by atoms with Crippen molar-refractivity contribution in [3.05, 3.63) is 11.6 Å². The van der Waals surface area contributed by atoms with Gasteiger partial charge in [-0.1, -0.05) is 19.8 Å². The molecule has 0 amide bonds. The highest BCUT2D eigenvalue weighted by molar-refractivity contribution is 5.85. The molecule has 0 aromatic heterocycles. The molecule has 0 radical (unpaired) electrons. The van der Waals surface area contributed by atoms with Crippen LogP contribution >= 0.6 is 0 Å². The second-order valence-electron chi connectivity index (χ2n) is 6.06. The van der Waals surface area contributed by atoms with E-state index in [0.29, 0.717) is 18.6 Å². The number of ether oxygens (including phenoxy) is 4. The van der Waals surface area contributed by atoms with Gasteiger partial charge in [-0.3, -0.25) is 4.79 Å². The Morgan fingerprint density at radius 2 is 2.23 bits per heavy atom. The van der Waals surface area contributed by atoms with Gasteiger partial charge in [0.25, 0.3) is 0 Å². The molecule has 6 heteroatoms. The fourth-order valence-corrected chi connectivity index (χ4v) is 2.53. The Balaban J connectivity index is 2.01. The quantitative estimate of drug-likeness (QED) is 0.530. The molecule has 1 fully saturated rings.